The number of aromatic nitrogens is 1. The van der Waals surface area contributed by atoms with Crippen LogP contribution in [0.2, 0.25) is 0 Å². The van der Waals surface area contributed by atoms with Crippen molar-refractivity contribution in [2.45, 2.75) is 6.42 Å². The average Bonchev–Trinajstić information content (AvgIpc) is 2.83. The summed E-state index contributed by atoms with van der Waals surface area (Å²) >= 11 is 0. The summed E-state index contributed by atoms with van der Waals surface area (Å²) in [5, 5.41) is 0. The molecule has 2 nitrogen and oxygen atoms in total. The van der Waals surface area contributed by atoms with Crippen molar-refractivity contribution in [2.24, 2.45) is 0 Å². The van der Waals surface area contributed by atoms with Crippen LogP contribution in [0, 0.1) is 0 Å². The van der Waals surface area contributed by atoms with E-state index in [1.165, 1.54) is 5.56 Å². The molecule has 88 valence electrons. The molecule has 0 amide bonds. The topological polar surface area (TPSA) is 26.0 Å². The fourth-order valence-corrected chi connectivity index (χ4v) is 1.99. The van der Waals surface area contributed by atoms with Gasteiger partial charge < -0.3 is 4.42 Å². The molecule has 3 rings (SSSR count). The summed E-state index contributed by atoms with van der Waals surface area (Å²) in [6, 6.07) is 16.0. The molecule has 0 bridgehead atoms. The van der Waals surface area contributed by atoms with Crippen LogP contribution < -0.4 is 0 Å². The van der Waals surface area contributed by atoms with Gasteiger partial charge in [-0.2, -0.15) is 0 Å². The molecule has 3 aromatic rings. The first-order valence-electron chi connectivity index (χ1n) is 5.92. The van der Waals surface area contributed by atoms with Crippen molar-refractivity contribution in [1.29, 1.82) is 0 Å². The molecule has 0 aliphatic rings. The molecule has 0 saturated heterocycles. The molecular weight excluding hydrogens is 222 g/mol. The summed E-state index contributed by atoms with van der Waals surface area (Å²) in [7, 11) is 0. The highest BCUT2D eigenvalue weighted by Gasteiger charge is 2.07. The zero-order valence-corrected chi connectivity index (χ0v) is 9.97. The predicted octanol–water partition coefficient (Wildman–Crippen LogP) is 4.22. The smallest absolute Gasteiger partial charge is 0.227 e. The molecule has 0 N–H and O–H groups in total. The summed E-state index contributed by atoms with van der Waals surface area (Å²) < 4.78 is 5.75. The molecule has 0 radical (unpaired) electrons. The molecular formula is C16H13NO. The third kappa shape index (κ3) is 1.93. The van der Waals surface area contributed by atoms with Gasteiger partial charge in [0, 0.05) is 5.56 Å². The normalized spacial score (nSPS) is 10.7. The maximum atomic E-state index is 5.75. The number of hydrogen-bond donors (Lipinski definition) is 0. The SMILES string of the molecule is C=CCc1cccc(-c2nc3ccccc3o2)c1. The van der Waals surface area contributed by atoms with Crippen molar-refractivity contribution < 1.29 is 4.42 Å². The standard InChI is InChI=1S/C16H13NO/c1-2-6-12-7-5-8-13(11-12)16-17-14-9-3-4-10-15(14)18-16/h2-5,7-11H,1,6H2. The number of oxazole rings is 1. The minimum absolute atomic E-state index is 0.669. The molecule has 0 atom stereocenters. The lowest BCUT2D eigenvalue weighted by molar-refractivity contribution is 0.620. The second-order valence-corrected chi connectivity index (χ2v) is 4.18. The minimum atomic E-state index is 0.669. The van der Waals surface area contributed by atoms with Crippen LogP contribution >= 0.6 is 0 Å². The summed E-state index contributed by atoms with van der Waals surface area (Å²) in [6.45, 7) is 3.75. The maximum absolute atomic E-state index is 5.75. The van der Waals surface area contributed by atoms with Crippen LogP contribution in [0.3, 0.4) is 0 Å². The molecule has 0 fully saturated rings. The van der Waals surface area contributed by atoms with Crippen molar-refractivity contribution in [2.75, 3.05) is 0 Å². The molecule has 2 heteroatoms. The quantitative estimate of drug-likeness (QED) is 0.635. The van der Waals surface area contributed by atoms with Crippen LogP contribution in [0.25, 0.3) is 22.6 Å². The highest BCUT2D eigenvalue weighted by molar-refractivity contribution is 5.76. The van der Waals surface area contributed by atoms with E-state index >= 15 is 0 Å². The van der Waals surface area contributed by atoms with Crippen molar-refractivity contribution in [3.8, 4) is 11.5 Å². The molecule has 0 unspecified atom stereocenters. The first kappa shape index (κ1) is 10.8. The Morgan fingerprint density at radius 1 is 1.11 bits per heavy atom. The fourth-order valence-electron chi connectivity index (χ4n) is 1.99. The van der Waals surface area contributed by atoms with E-state index in [0.717, 1.165) is 23.1 Å². The van der Waals surface area contributed by atoms with Crippen LogP contribution in [0.5, 0.6) is 0 Å². The highest BCUT2D eigenvalue weighted by atomic mass is 16.3. The average molecular weight is 235 g/mol. The van der Waals surface area contributed by atoms with E-state index in [1.807, 2.05) is 42.5 Å². The van der Waals surface area contributed by atoms with Crippen LogP contribution in [-0.4, -0.2) is 4.98 Å². The van der Waals surface area contributed by atoms with E-state index in [2.05, 4.69) is 23.7 Å². The van der Waals surface area contributed by atoms with Gasteiger partial charge in [0.25, 0.3) is 0 Å². The Labute approximate surface area is 106 Å². The van der Waals surface area contributed by atoms with E-state index in [-0.39, 0.29) is 0 Å². The lowest BCUT2D eigenvalue weighted by Gasteiger charge is -1.99. The van der Waals surface area contributed by atoms with Gasteiger partial charge in [-0.3, -0.25) is 0 Å². The summed E-state index contributed by atoms with van der Waals surface area (Å²) in [4.78, 5) is 4.49. The molecule has 18 heavy (non-hydrogen) atoms. The Balaban J connectivity index is 2.08. The van der Waals surface area contributed by atoms with Crippen LogP contribution in [0.4, 0.5) is 0 Å². The van der Waals surface area contributed by atoms with Gasteiger partial charge in [0.1, 0.15) is 5.52 Å². The largest absolute Gasteiger partial charge is 0.436 e. The van der Waals surface area contributed by atoms with Gasteiger partial charge in [0.2, 0.25) is 5.89 Å². The number of nitrogens with zero attached hydrogens (tertiary/aromatic N) is 1. The summed E-state index contributed by atoms with van der Waals surface area (Å²) in [5.74, 6) is 0.669. The third-order valence-corrected chi connectivity index (χ3v) is 2.85. The zero-order valence-electron chi connectivity index (χ0n) is 9.97. The summed E-state index contributed by atoms with van der Waals surface area (Å²) in [6.07, 6.45) is 2.75. The minimum Gasteiger partial charge on any atom is -0.436 e. The molecule has 1 aromatic heterocycles. The van der Waals surface area contributed by atoms with Crippen LogP contribution in [0.1, 0.15) is 5.56 Å². The van der Waals surface area contributed by atoms with Crippen molar-refractivity contribution in [1.82, 2.24) is 4.98 Å². The van der Waals surface area contributed by atoms with Gasteiger partial charge in [0.05, 0.1) is 0 Å². The Bertz CT molecular complexity index is 664. The van der Waals surface area contributed by atoms with E-state index in [9.17, 15) is 0 Å². The van der Waals surface area contributed by atoms with Crippen molar-refractivity contribution in [3.05, 3.63) is 66.7 Å². The van der Waals surface area contributed by atoms with Crippen LogP contribution in [0.15, 0.2) is 65.6 Å². The lowest BCUT2D eigenvalue weighted by atomic mass is 10.1. The first-order valence-corrected chi connectivity index (χ1v) is 5.92. The Hall–Kier alpha value is -2.35. The Kier molecular flexibility index (Phi) is 2.69. The number of para-hydroxylation sites is 2. The van der Waals surface area contributed by atoms with Gasteiger partial charge in [-0.25, -0.2) is 4.98 Å². The number of fused-ring (bicyclic) bond motifs is 1. The molecule has 0 saturated carbocycles. The number of benzene rings is 2. The third-order valence-electron chi connectivity index (χ3n) is 2.85. The lowest BCUT2D eigenvalue weighted by Crippen LogP contribution is -1.83. The number of rotatable bonds is 3. The van der Waals surface area contributed by atoms with Gasteiger partial charge in [-0.15, -0.1) is 6.58 Å². The summed E-state index contributed by atoms with van der Waals surface area (Å²) in [5.41, 5.74) is 3.93. The second-order valence-electron chi connectivity index (χ2n) is 4.18. The highest BCUT2D eigenvalue weighted by Crippen LogP contribution is 2.24. The molecule has 0 aliphatic heterocycles. The van der Waals surface area contributed by atoms with Gasteiger partial charge in [-0.05, 0) is 36.2 Å². The van der Waals surface area contributed by atoms with E-state index in [1.54, 1.807) is 0 Å². The second kappa shape index (κ2) is 4.49. The number of allylic oxidation sites excluding steroid dienone is 1. The molecule has 2 aromatic carbocycles. The van der Waals surface area contributed by atoms with Crippen molar-refractivity contribution in [3.63, 3.8) is 0 Å². The van der Waals surface area contributed by atoms with Crippen LogP contribution in [-0.2, 0) is 6.42 Å². The van der Waals surface area contributed by atoms with E-state index < -0.39 is 0 Å². The van der Waals surface area contributed by atoms with Gasteiger partial charge in [-0.1, -0.05) is 30.3 Å². The zero-order chi connectivity index (χ0) is 12.4. The monoisotopic (exact) mass is 235 g/mol. The predicted molar refractivity (Wildman–Crippen MR) is 73.3 cm³/mol. The molecule has 0 aliphatic carbocycles. The van der Waals surface area contributed by atoms with Gasteiger partial charge >= 0.3 is 0 Å². The van der Waals surface area contributed by atoms with Crippen molar-refractivity contribution >= 4 is 11.1 Å². The number of hydrogen-bond acceptors (Lipinski definition) is 2. The maximum Gasteiger partial charge on any atom is 0.227 e. The van der Waals surface area contributed by atoms with E-state index in [0.29, 0.717) is 5.89 Å². The Morgan fingerprint density at radius 2 is 2.00 bits per heavy atom. The van der Waals surface area contributed by atoms with E-state index in [4.69, 9.17) is 4.42 Å². The van der Waals surface area contributed by atoms with Gasteiger partial charge in [0.15, 0.2) is 5.58 Å². The molecule has 0 spiro atoms. The first-order chi connectivity index (χ1) is 8.86. The Morgan fingerprint density at radius 3 is 2.83 bits per heavy atom. The molecule has 1 heterocycles. The fraction of sp³-hybridized carbons (Fsp3) is 0.0625.